The topological polar surface area (TPSA) is 107 Å². The number of rotatable bonds is 12. The Morgan fingerprint density at radius 3 is 2.33 bits per heavy atom. The van der Waals surface area contributed by atoms with Crippen molar-refractivity contribution < 1.29 is 38.4 Å². The molecule has 0 unspecified atom stereocenters. The molecule has 1 N–H and O–H groups in total. The van der Waals surface area contributed by atoms with Crippen molar-refractivity contribution in [3.05, 3.63) is 77.9 Å². The summed E-state index contributed by atoms with van der Waals surface area (Å²) in [5.74, 6) is 0.929. The first-order valence-corrected chi connectivity index (χ1v) is 14.4. The number of benzene rings is 3. The average Bonchev–Trinajstić information content (AvgIpc) is 3.04. The van der Waals surface area contributed by atoms with Crippen molar-refractivity contribution in [2.24, 2.45) is 0 Å². The van der Waals surface area contributed by atoms with Crippen LogP contribution in [0.25, 0.3) is 0 Å². The number of anilines is 2. The zero-order chi connectivity index (χ0) is 30.3. The summed E-state index contributed by atoms with van der Waals surface area (Å²) < 4.78 is 28.1. The Labute approximate surface area is 251 Å². The molecule has 2 aliphatic heterocycles. The van der Waals surface area contributed by atoms with Gasteiger partial charge >= 0.3 is 5.97 Å². The third kappa shape index (κ3) is 6.87. The standard InChI is InChI=1S/C33H38N2O8/c1-39-16-4-15-34-28-17-22(5-14-30(28)43-21-32(34)36)20-42-31-19-35(24-8-12-26(41-3)13-9-24)29(33(37)38)18-27(31)23-6-10-25(40-2)11-7-23/h5-14,17,27,29,31H,4,15-16,18-21H2,1-3H3,(H,37,38)/t27-,29+,31+/m1/s1. The van der Waals surface area contributed by atoms with Crippen LogP contribution in [-0.2, 0) is 25.7 Å². The number of carboxylic acid groups (broad SMARTS) is 1. The molecule has 5 rings (SSSR count). The summed E-state index contributed by atoms with van der Waals surface area (Å²) in [5, 5.41) is 10.3. The Morgan fingerprint density at radius 2 is 1.67 bits per heavy atom. The molecular weight excluding hydrogens is 552 g/mol. The number of carbonyl (C=O) groups excluding carboxylic acids is 1. The van der Waals surface area contributed by atoms with Gasteiger partial charge in [0.15, 0.2) is 6.61 Å². The summed E-state index contributed by atoms with van der Waals surface area (Å²) in [6, 6.07) is 20.1. The lowest BCUT2D eigenvalue weighted by molar-refractivity contribution is -0.140. The van der Waals surface area contributed by atoms with Crippen LogP contribution < -0.4 is 24.0 Å². The maximum absolute atomic E-state index is 12.7. The monoisotopic (exact) mass is 590 g/mol. The molecule has 3 aromatic carbocycles. The minimum Gasteiger partial charge on any atom is -0.497 e. The smallest absolute Gasteiger partial charge is 0.326 e. The van der Waals surface area contributed by atoms with Gasteiger partial charge in [-0.15, -0.1) is 0 Å². The van der Waals surface area contributed by atoms with Crippen LogP contribution in [0.5, 0.6) is 17.2 Å². The van der Waals surface area contributed by atoms with Gasteiger partial charge in [0.1, 0.15) is 23.3 Å². The maximum Gasteiger partial charge on any atom is 0.326 e. The van der Waals surface area contributed by atoms with Gasteiger partial charge in [0, 0.05) is 38.4 Å². The molecule has 2 aliphatic rings. The van der Waals surface area contributed by atoms with Crippen molar-refractivity contribution in [2.75, 3.05) is 57.4 Å². The highest BCUT2D eigenvalue weighted by atomic mass is 16.5. The summed E-state index contributed by atoms with van der Waals surface area (Å²) in [4.78, 5) is 28.8. The molecule has 0 radical (unpaired) electrons. The SMILES string of the molecule is COCCCN1C(=O)COc2ccc(CO[C@H]3CN(c4ccc(OC)cc4)[C@H](C(=O)O)C[C@@H]3c3ccc(OC)cc3)cc21. The second-order valence-corrected chi connectivity index (χ2v) is 10.7. The number of hydrogen-bond donors (Lipinski definition) is 1. The van der Waals surface area contributed by atoms with Crippen molar-refractivity contribution in [3.8, 4) is 17.2 Å². The Bertz CT molecular complexity index is 1400. The maximum atomic E-state index is 12.7. The lowest BCUT2D eigenvalue weighted by Crippen LogP contribution is -2.53. The minimum atomic E-state index is -0.888. The van der Waals surface area contributed by atoms with E-state index in [0.717, 1.165) is 28.3 Å². The first-order chi connectivity index (χ1) is 20.9. The highest BCUT2D eigenvalue weighted by molar-refractivity contribution is 5.97. The van der Waals surface area contributed by atoms with Crippen molar-refractivity contribution in [1.82, 2.24) is 0 Å². The molecule has 0 bridgehead atoms. The summed E-state index contributed by atoms with van der Waals surface area (Å²) in [6.45, 7) is 1.74. The van der Waals surface area contributed by atoms with Gasteiger partial charge in [0.2, 0.25) is 0 Å². The summed E-state index contributed by atoms with van der Waals surface area (Å²) in [7, 11) is 4.86. The second-order valence-electron chi connectivity index (χ2n) is 10.7. The first-order valence-electron chi connectivity index (χ1n) is 14.4. The molecule has 10 heteroatoms. The Kier molecular flexibility index (Phi) is 9.68. The van der Waals surface area contributed by atoms with E-state index in [1.807, 2.05) is 71.6 Å². The van der Waals surface area contributed by atoms with Gasteiger partial charge in [-0.1, -0.05) is 18.2 Å². The van der Waals surface area contributed by atoms with Gasteiger partial charge in [0.25, 0.3) is 5.91 Å². The van der Waals surface area contributed by atoms with Crippen LogP contribution in [0, 0.1) is 0 Å². The van der Waals surface area contributed by atoms with Crippen molar-refractivity contribution in [3.63, 3.8) is 0 Å². The molecule has 1 amide bonds. The number of methoxy groups -OCH3 is 3. The van der Waals surface area contributed by atoms with E-state index in [9.17, 15) is 14.7 Å². The van der Waals surface area contributed by atoms with E-state index in [0.29, 0.717) is 44.0 Å². The predicted molar refractivity (Wildman–Crippen MR) is 161 cm³/mol. The molecular formula is C33H38N2O8. The second kappa shape index (κ2) is 13.8. The number of amides is 1. The number of hydrogen-bond acceptors (Lipinski definition) is 8. The fourth-order valence-corrected chi connectivity index (χ4v) is 5.78. The average molecular weight is 591 g/mol. The lowest BCUT2D eigenvalue weighted by Gasteiger charge is -2.43. The molecule has 2 heterocycles. The normalized spacial score (nSPS) is 19.9. The molecule has 43 heavy (non-hydrogen) atoms. The lowest BCUT2D eigenvalue weighted by atomic mass is 9.82. The molecule has 1 saturated heterocycles. The number of aliphatic carboxylic acids is 1. The van der Waals surface area contributed by atoms with Gasteiger partial charge in [-0.3, -0.25) is 4.79 Å². The predicted octanol–water partition coefficient (Wildman–Crippen LogP) is 4.50. The van der Waals surface area contributed by atoms with Crippen LogP contribution in [0.1, 0.15) is 29.9 Å². The number of nitrogens with zero attached hydrogens (tertiary/aromatic N) is 2. The van der Waals surface area contributed by atoms with Crippen LogP contribution in [0.4, 0.5) is 11.4 Å². The van der Waals surface area contributed by atoms with Crippen LogP contribution in [0.3, 0.4) is 0 Å². The number of piperidine rings is 1. The minimum absolute atomic E-state index is 0.00732. The van der Waals surface area contributed by atoms with Crippen LogP contribution in [0.15, 0.2) is 66.7 Å². The van der Waals surface area contributed by atoms with Gasteiger partial charge in [-0.2, -0.15) is 0 Å². The molecule has 3 atom stereocenters. The van der Waals surface area contributed by atoms with E-state index >= 15 is 0 Å². The molecule has 10 nitrogen and oxygen atoms in total. The quantitative estimate of drug-likeness (QED) is 0.305. The van der Waals surface area contributed by atoms with Crippen LogP contribution in [0.2, 0.25) is 0 Å². The fraction of sp³-hybridized carbons (Fsp3) is 0.394. The summed E-state index contributed by atoms with van der Waals surface area (Å²) in [5.41, 5.74) is 3.37. The number of ether oxygens (including phenoxy) is 5. The largest absolute Gasteiger partial charge is 0.497 e. The van der Waals surface area contributed by atoms with Crippen molar-refractivity contribution in [2.45, 2.75) is 37.5 Å². The number of fused-ring (bicyclic) bond motifs is 1. The molecule has 0 saturated carbocycles. The van der Waals surface area contributed by atoms with Crippen LogP contribution >= 0.6 is 0 Å². The highest BCUT2D eigenvalue weighted by Gasteiger charge is 2.41. The summed E-state index contributed by atoms with van der Waals surface area (Å²) in [6.07, 6.45) is 0.746. The molecule has 228 valence electrons. The van der Waals surface area contributed by atoms with Gasteiger partial charge in [-0.25, -0.2) is 4.79 Å². The Morgan fingerprint density at radius 1 is 0.977 bits per heavy atom. The van der Waals surface area contributed by atoms with E-state index in [1.165, 1.54) is 0 Å². The Hall–Kier alpha value is -4.28. The zero-order valence-electron chi connectivity index (χ0n) is 24.7. The number of carbonyl (C=O) groups is 2. The number of carboxylic acids is 1. The zero-order valence-corrected chi connectivity index (χ0v) is 24.7. The van der Waals surface area contributed by atoms with E-state index in [-0.39, 0.29) is 31.1 Å². The summed E-state index contributed by atoms with van der Waals surface area (Å²) >= 11 is 0. The first kappa shape index (κ1) is 30.2. The van der Waals surface area contributed by atoms with E-state index < -0.39 is 12.0 Å². The van der Waals surface area contributed by atoms with Gasteiger partial charge in [0.05, 0.1) is 32.6 Å². The third-order valence-corrected chi connectivity index (χ3v) is 8.07. The Balaban J connectivity index is 1.41. The van der Waals surface area contributed by atoms with E-state index in [2.05, 4.69) is 0 Å². The molecule has 0 aliphatic carbocycles. The molecule has 3 aromatic rings. The van der Waals surface area contributed by atoms with Crippen LogP contribution in [-0.4, -0.2) is 76.8 Å². The third-order valence-electron chi connectivity index (χ3n) is 8.07. The van der Waals surface area contributed by atoms with Gasteiger partial charge in [-0.05, 0) is 72.5 Å². The molecule has 1 fully saturated rings. The van der Waals surface area contributed by atoms with Crippen molar-refractivity contribution in [1.29, 1.82) is 0 Å². The van der Waals surface area contributed by atoms with E-state index in [4.69, 9.17) is 23.7 Å². The fourth-order valence-electron chi connectivity index (χ4n) is 5.78. The van der Waals surface area contributed by atoms with Crippen molar-refractivity contribution >= 4 is 23.3 Å². The highest BCUT2D eigenvalue weighted by Crippen LogP contribution is 2.39. The van der Waals surface area contributed by atoms with Gasteiger partial charge < -0.3 is 38.6 Å². The van der Waals surface area contributed by atoms with E-state index in [1.54, 1.807) is 26.2 Å². The molecule has 0 spiro atoms. The molecule has 0 aromatic heterocycles.